The predicted octanol–water partition coefficient (Wildman–Crippen LogP) is 2.20. The molecule has 0 fully saturated rings. The van der Waals surface area contributed by atoms with Gasteiger partial charge in [-0.1, -0.05) is 34.8 Å². The Morgan fingerprint density at radius 2 is 1.96 bits per heavy atom. The Bertz CT molecular complexity index is 817. The molecule has 0 radical (unpaired) electrons. The van der Waals surface area contributed by atoms with E-state index in [2.05, 4.69) is 20.6 Å². The Balaban J connectivity index is 2.37. The monoisotopic (exact) mass is 374 g/mol. The molecule has 23 heavy (non-hydrogen) atoms. The summed E-state index contributed by atoms with van der Waals surface area (Å²) >= 11 is 17.7. The van der Waals surface area contributed by atoms with Crippen molar-refractivity contribution in [3.8, 4) is 0 Å². The summed E-state index contributed by atoms with van der Waals surface area (Å²) < 4.78 is 1.72. The maximum Gasteiger partial charge on any atom is 0.150 e. The third kappa shape index (κ3) is 3.41. The molecule has 10 heteroatoms. The Labute approximate surface area is 146 Å². The minimum absolute atomic E-state index is 0.0305. The van der Waals surface area contributed by atoms with Crippen molar-refractivity contribution >= 4 is 52.7 Å². The number of nitrogens with one attached hydrogen (secondary N) is 1. The fraction of sp³-hybridized carbons (Fsp3) is 0.231. The van der Waals surface area contributed by atoms with E-state index >= 15 is 0 Å². The number of carboxylic acid groups (broad SMARTS) is 1. The molecule has 0 aliphatic heterocycles. The molecule has 0 saturated carbocycles. The van der Waals surface area contributed by atoms with E-state index in [-0.39, 0.29) is 20.9 Å². The van der Waals surface area contributed by atoms with Crippen molar-refractivity contribution in [1.82, 2.24) is 14.8 Å². The van der Waals surface area contributed by atoms with Crippen LogP contribution in [0.15, 0.2) is 5.10 Å². The molecule has 2 aromatic rings. The van der Waals surface area contributed by atoms with Crippen molar-refractivity contribution in [3.63, 3.8) is 0 Å². The summed E-state index contributed by atoms with van der Waals surface area (Å²) in [5, 5.41) is 18.7. The number of carbonyl (C=O) groups is 1. The summed E-state index contributed by atoms with van der Waals surface area (Å²) in [6, 6.07) is 0. The van der Waals surface area contributed by atoms with Gasteiger partial charge in [-0.25, -0.2) is 4.98 Å². The normalized spacial score (nSPS) is 11.2. The van der Waals surface area contributed by atoms with E-state index in [1.807, 2.05) is 20.9 Å². The number of carboxylic acids is 1. The van der Waals surface area contributed by atoms with Gasteiger partial charge in [0.25, 0.3) is 0 Å². The molecule has 0 amide bonds. The molecular formula is C13H11Cl3N5O2-. The number of aromatic carboxylic acids is 1. The topological polar surface area (TPSA) is 95.2 Å². The van der Waals surface area contributed by atoms with E-state index in [9.17, 15) is 9.90 Å². The first kappa shape index (κ1) is 17.5. The standard InChI is InChI=1S/C13H12Cl3N5O2/c1-5-7(6(2)21(3)20-5)4-17-19-10-8(14)11(13(22)23)18-12(16)9(10)15/h4H,1-3H3,(H,18,19)(H,22,23)/p-1/b17-4-. The third-order valence-electron chi connectivity index (χ3n) is 3.17. The van der Waals surface area contributed by atoms with Gasteiger partial charge in [-0.05, 0) is 13.8 Å². The molecule has 0 aromatic carbocycles. The van der Waals surface area contributed by atoms with Crippen LogP contribution in [0.3, 0.4) is 0 Å². The lowest BCUT2D eigenvalue weighted by Gasteiger charge is -2.12. The van der Waals surface area contributed by atoms with Gasteiger partial charge >= 0.3 is 0 Å². The second-order valence-electron chi connectivity index (χ2n) is 4.62. The zero-order chi connectivity index (χ0) is 17.3. The van der Waals surface area contributed by atoms with Gasteiger partial charge in [-0.2, -0.15) is 10.2 Å². The number of rotatable bonds is 4. The number of hydrogen-bond acceptors (Lipinski definition) is 6. The van der Waals surface area contributed by atoms with Gasteiger partial charge in [0.15, 0.2) is 5.15 Å². The fourth-order valence-corrected chi connectivity index (χ4v) is 2.55. The van der Waals surface area contributed by atoms with Crippen LogP contribution in [0.1, 0.15) is 27.4 Å². The number of nitrogens with zero attached hydrogens (tertiary/aromatic N) is 4. The molecule has 2 rings (SSSR count). The summed E-state index contributed by atoms with van der Waals surface area (Å²) in [6.45, 7) is 3.73. The quantitative estimate of drug-likeness (QED) is 0.502. The van der Waals surface area contributed by atoms with Crippen LogP contribution in [0.4, 0.5) is 5.69 Å². The Morgan fingerprint density at radius 1 is 1.30 bits per heavy atom. The first-order valence-electron chi connectivity index (χ1n) is 6.29. The first-order valence-corrected chi connectivity index (χ1v) is 7.42. The summed E-state index contributed by atoms with van der Waals surface area (Å²) in [7, 11) is 1.82. The smallest absolute Gasteiger partial charge is 0.150 e. The number of hydrogen-bond donors (Lipinski definition) is 1. The lowest BCUT2D eigenvalue weighted by Crippen LogP contribution is -2.24. The maximum atomic E-state index is 11.0. The maximum absolute atomic E-state index is 11.0. The largest absolute Gasteiger partial charge is 0.543 e. The van der Waals surface area contributed by atoms with Gasteiger partial charge in [0.05, 0.1) is 28.6 Å². The molecule has 2 aromatic heterocycles. The van der Waals surface area contributed by atoms with Gasteiger partial charge in [-0.3, -0.25) is 10.1 Å². The zero-order valence-corrected chi connectivity index (χ0v) is 14.6. The molecule has 0 bridgehead atoms. The second kappa shape index (κ2) is 6.74. The molecule has 0 aliphatic carbocycles. The van der Waals surface area contributed by atoms with Crippen LogP contribution >= 0.6 is 34.8 Å². The highest BCUT2D eigenvalue weighted by molar-refractivity contribution is 6.46. The Morgan fingerprint density at radius 3 is 2.48 bits per heavy atom. The van der Waals surface area contributed by atoms with Crippen molar-refractivity contribution in [2.45, 2.75) is 13.8 Å². The number of aryl methyl sites for hydroxylation is 2. The number of halogens is 3. The molecule has 7 nitrogen and oxygen atoms in total. The van der Waals surface area contributed by atoms with Crippen LogP contribution in [0.5, 0.6) is 0 Å². The number of carbonyl (C=O) groups excluding carboxylic acids is 1. The van der Waals surface area contributed by atoms with Gasteiger partial charge in [-0.15, -0.1) is 0 Å². The number of pyridine rings is 1. The average molecular weight is 376 g/mol. The van der Waals surface area contributed by atoms with Gasteiger partial charge in [0, 0.05) is 18.3 Å². The van der Waals surface area contributed by atoms with E-state index in [1.165, 1.54) is 6.21 Å². The van der Waals surface area contributed by atoms with E-state index < -0.39 is 11.7 Å². The van der Waals surface area contributed by atoms with Crippen LogP contribution < -0.4 is 10.5 Å². The third-order valence-corrected chi connectivity index (χ3v) is 4.27. The van der Waals surface area contributed by atoms with Crippen molar-refractivity contribution in [2.75, 3.05) is 5.43 Å². The summed E-state index contributed by atoms with van der Waals surface area (Å²) in [4.78, 5) is 14.6. The molecule has 0 aliphatic rings. The van der Waals surface area contributed by atoms with Gasteiger partial charge in [0.2, 0.25) is 0 Å². The van der Waals surface area contributed by atoms with Crippen LogP contribution in [0, 0.1) is 13.8 Å². The van der Waals surface area contributed by atoms with Crippen molar-refractivity contribution in [1.29, 1.82) is 0 Å². The zero-order valence-electron chi connectivity index (χ0n) is 12.3. The van der Waals surface area contributed by atoms with E-state index in [4.69, 9.17) is 34.8 Å². The summed E-state index contributed by atoms with van der Waals surface area (Å²) in [6.07, 6.45) is 1.53. The Hall–Kier alpha value is -1.83. The van der Waals surface area contributed by atoms with Crippen molar-refractivity contribution in [3.05, 3.63) is 37.8 Å². The predicted molar refractivity (Wildman–Crippen MR) is 87.5 cm³/mol. The van der Waals surface area contributed by atoms with Gasteiger partial charge < -0.3 is 9.90 Å². The number of hydrazone groups is 1. The lowest BCUT2D eigenvalue weighted by molar-refractivity contribution is -0.255. The van der Waals surface area contributed by atoms with Crippen molar-refractivity contribution < 1.29 is 9.90 Å². The summed E-state index contributed by atoms with van der Waals surface area (Å²) in [5.74, 6) is -1.57. The summed E-state index contributed by atoms with van der Waals surface area (Å²) in [5.41, 5.74) is 4.60. The fourth-order valence-electron chi connectivity index (χ4n) is 1.89. The highest BCUT2D eigenvalue weighted by atomic mass is 35.5. The van der Waals surface area contributed by atoms with E-state index in [0.717, 1.165) is 17.0 Å². The minimum atomic E-state index is -1.57. The SMILES string of the molecule is Cc1nn(C)c(C)c1/C=N\Nc1c(Cl)c(Cl)nc(C(=O)[O-])c1Cl. The van der Waals surface area contributed by atoms with E-state index in [1.54, 1.807) is 4.68 Å². The second-order valence-corrected chi connectivity index (χ2v) is 5.73. The molecule has 0 spiro atoms. The molecule has 0 saturated heterocycles. The number of aromatic nitrogens is 3. The molecule has 122 valence electrons. The van der Waals surface area contributed by atoms with Crippen molar-refractivity contribution in [2.24, 2.45) is 12.1 Å². The van der Waals surface area contributed by atoms with E-state index in [0.29, 0.717) is 0 Å². The van der Waals surface area contributed by atoms with Crippen LogP contribution in [0.25, 0.3) is 0 Å². The molecule has 1 N–H and O–H groups in total. The average Bonchev–Trinajstić information content (AvgIpc) is 2.72. The van der Waals surface area contributed by atoms with Crippen LogP contribution in [-0.4, -0.2) is 26.9 Å². The Kier molecular flexibility index (Phi) is 5.13. The molecule has 0 unspecified atom stereocenters. The van der Waals surface area contributed by atoms with Crippen LogP contribution in [0.2, 0.25) is 15.2 Å². The molecule has 2 heterocycles. The first-order chi connectivity index (χ1) is 10.7. The molecular weight excluding hydrogens is 365 g/mol. The highest BCUT2D eigenvalue weighted by Gasteiger charge is 2.17. The van der Waals surface area contributed by atoms with Gasteiger partial charge in [0.1, 0.15) is 10.7 Å². The highest BCUT2D eigenvalue weighted by Crippen LogP contribution is 2.36. The minimum Gasteiger partial charge on any atom is -0.543 e. The number of anilines is 1. The molecule has 0 atom stereocenters. The lowest BCUT2D eigenvalue weighted by atomic mass is 10.2. The van der Waals surface area contributed by atoms with Crippen LogP contribution in [-0.2, 0) is 7.05 Å².